The van der Waals surface area contributed by atoms with Gasteiger partial charge < -0.3 is 0 Å². The number of hydrogen-bond acceptors (Lipinski definition) is 6. The van der Waals surface area contributed by atoms with Crippen LogP contribution in [0.25, 0.3) is 0 Å². The number of dihydropyridines is 1. The van der Waals surface area contributed by atoms with Gasteiger partial charge in [0.15, 0.2) is 0 Å². The molecule has 0 bridgehead atoms. The fraction of sp³-hybridized carbons (Fsp3) is 0.375. The van der Waals surface area contributed by atoms with Crippen LogP contribution in [0.5, 0.6) is 0 Å². The number of fused-ring (bicyclic) bond motifs is 1. The summed E-state index contributed by atoms with van der Waals surface area (Å²) in [4.78, 5) is 34.1. The van der Waals surface area contributed by atoms with Gasteiger partial charge in [0.05, 0.1) is 0 Å². The molecule has 1 aromatic heterocycles. The molecular weight excluding hydrogens is 376 g/mol. The van der Waals surface area contributed by atoms with E-state index in [1.165, 1.54) is 26.8 Å². The Morgan fingerprint density at radius 3 is 2.65 bits per heavy atom. The van der Waals surface area contributed by atoms with E-state index in [1.807, 2.05) is 0 Å². The fourth-order valence-electron chi connectivity index (χ4n) is 3.35. The Labute approximate surface area is 154 Å². The van der Waals surface area contributed by atoms with E-state index in [1.54, 1.807) is 29.7 Å². The lowest BCUT2D eigenvalue weighted by Crippen LogP contribution is -2.54. The highest BCUT2D eigenvalue weighted by molar-refractivity contribution is 7.91. The highest BCUT2D eigenvalue weighted by Crippen LogP contribution is 2.28. The summed E-state index contributed by atoms with van der Waals surface area (Å²) in [5.41, 5.74) is 0. The zero-order valence-corrected chi connectivity index (χ0v) is 15.3. The van der Waals surface area contributed by atoms with Crippen molar-refractivity contribution in [3.63, 3.8) is 0 Å². The van der Waals surface area contributed by atoms with Crippen molar-refractivity contribution in [1.29, 1.82) is 0 Å². The maximum Gasteiger partial charge on any atom is 0.352 e. The molecule has 0 aliphatic carbocycles. The van der Waals surface area contributed by atoms with E-state index in [-0.39, 0.29) is 30.9 Å². The molecule has 1 atom stereocenters. The SMILES string of the molecule is O=C1N=C2N=CC=CC2C(=O)N1C1CCN(S(=O)(=O)c2cccs2)CC1. The maximum absolute atomic E-state index is 12.7. The molecule has 26 heavy (non-hydrogen) atoms. The third-order valence-corrected chi connectivity index (χ3v) is 7.94. The number of carbonyl (C=O) groups is 2. The molecule has 0 aromatic carbocycles. The number of aliphatic imine (C=N–C) groups is 2. The molecule has 1 fully saturated rings. The molecule has 0 N–H and O–H groups in total. The van der Waals surface area contributed by atoms with Crippen LogP contribution < -0.4 is 0 Å². The zero-order chi connectivity index (χ0) is 18.3. The second-order valence-corrected chi connectivity index (χ2v) is 9.28. The molecule has 10 heteroatoms. The van der Waals surface area contributed by atoms with E-state index in [4.69, 9.17) is 0 Å². The van der Waals surface area contributed by atoms with Crippen LogP contribution in [0.15, 0.2) is 43.9 Å². The summed E-state index contributed by atoms with van der Waals surface area (Å²) in [6.07, 6.45) is 5.62. The highest BCUT2D eigenvalue weighted by atomic mass is 32.2. The van der Waals surface area contributed by atoms with E-state index < -0.39 is 22.0 Å². The molecule has 0 saturated carbocycles. The van der Waals surface area contributed by atoms with Crippen molar-refractivity contribution in [1.82, 2.24) is 9.21 Å². The lowest BCUT2D eigenvalue weighted by atomic mass is 9.98. The summed E-state index contributed by atoms with van der Waals surface area (Å²) in [5.74, 6) is -0.755. The first-order valence-electron chi connectivity index (χ1n) is 8.18. The van der Waals surface area contributed by atoms with Crippen LogP contribution in [-0.2, 0) is 14.8 Å². The first-order chi connectivity index (χ1) is 12.5. The summed E-state index contributed by atoms with van der Waals surface area (Å²) in [6.45, 7) is 0.522. The average molecular weight is 392 g/mol. The number of amidine groups is 1. The van der Waals surface area contributed by atoms with E-state index in [9.17, 15) is 18.0 Å². The second kappa shape index (κ2) is 6.53. The van der Waals surface area contributed by atoms with Crippen molar-refractivity contribution in [3.05, 3.63) is 29.7 Å². The van der Waals surface area contributed by atoms with Crippen molar-refractivity contribution in [3.8, 4) is 0 Å². The lowest BCUT2D eigenvalue weighted by molar-refractivity contribution is -0.131. The number of urea groups is 1. The van der Waals surface area contributed by atoms with Gasteiger partial charge in [0.2, 0.25) is 5.91 Å². The van der Waals surface area contributed by atoms with E-state index in [0.29, 0.717) is 17.1 Å². The molecule has 1 saturated heterocycles. The van der Waals surface area contributed by atoms with Gasteiger partial charge in [0, 0.05) is 25.3 Å². The number of hydrogen-bond donors (Lipinski definition) is 0. The van der Waals surface area contributed by atoms with Gasteiger partial charge in [-0.1, -0.05) is 12.1 Å². The standard InChI is InChI=1S/C16H16N4O4S2/c21-15-12-3-1-7-17-14(12)18-16(22)20(15)11-5-8-19(9-6-11)26(23,24)13-4-2-10-25-13/h1-4,7,10-12H,5-6,8-9H2. The third kappa shape index (κ3) is 2.83. The molecule has 3 amide bonds. The number of piperidine rings is 1. The van der Waals surface area contributed by atoms with Crippen LogP contribution in [0.3, 0.4) is 0 Å². The summed E-state index contributed by atoms with van der Waals surface area (Å²) in [5, 5.41) is 1.72. The van der Waals surface area contributed by atoms with Gasteiger partial charge >= 0.3 is 6.03 Å². The minimum Gasteiger partial charge on any atom is -0.273 e. The molecule has 4 heterocycles. The van der Waals surface area contributed by atoms with Crippen LogP contribution in [0.1, 0.15) is 12.8 Å². The molecule has 3 aliphatic heterocycles. The summed E-state index contributed by atoms with van der Waals surface area (Å²) < 4.78 is 26.9. The monoisotopic (exact) mass is 392 g/mol. The number of rotatable bonds is 3. The summed E-state index contributed by atoms with van der Waals surface area (Å²) >= 11 is 1.18. The first kappa shape index (κ1) is 17.3. The van der Waals surface area contributed by atoms with E-state index in [0.717, 1.165) is 0 Å². The normalized spacial score (nSPS) is 24.7. The van der Waals surface area contributed by atoms with Gasteiger partial charge in [-0.25, -0.2) is 18.2 Å². The predicted octanol–water partition coefficient (Wildman–Crippen LogP) is 1.52. The van der Waals surface area contributed by atoms with Crippen LogP contribution in [0.2, 0.25) is 0 Å². The van der Waals surface area contributed by atoms with Crippen LogP contribution >= 0.6 is 11.3 Å². The van der Waals surface area contributed by atoms with Crippen LogP contribution in [0.4, 0.5) is 4.79 Å². The number of sulfonamides is 1. The number of imide groups is 1. The second-order valence-electron chi connectivity index (χ2n) is 6.17. The molecule has 0 radical (unpaired) electrons. The van der Waals surface area contributed by atoms with Gasteiger partial charge in [0.25, 0.3) is 10.0 Å². The van der Waals surface area contributed by atoms with Crippen molar-refractivity contribution >= 4 is 45.3 Å². The molecule has 1 aromatic rings. The van der Waals surface area contributed by atoms with Gasteiger partial charge in [0.1, 0.15) is 16.0 Å². The predicted molar refractivity (Wildman–Crippen MR) is 96.9 cm³/mol. The molecule has 4 rings (SSSR count). The van der Waals surface area contributed by atoms with Crippen LogP contribution in [0, 0.1) is 5.92 Å². The van der Waals surface area contributed by atoms with E-state index in [2.05, 4.69) is 9.98 Å². The summed E-state index contributed by atoms with van der Waals surface area (Å²) in [6, 6.07) is 2.31. The minimum absolute atomic E-state index is 0.219. The largest absolute Gasteiger partial charge is 0.352 e. The molecular formula is C16H16N4O4S2. The Kier molecular flexibility index (Phi) is 4.33. The van der Waals surface area contributed by atoms with Crippen molar-refractivity contribution in [2.24, 2.45) is 15.9 Å². The van der Waals surface area contributed by atoms with Gasteiger partial charge in [-0.2, -0.15) is 9.30 Å². The number of nitrogens with zero attached hydrogens (tertiary/aromatic N) is 4. The van der Waals surface area contributed by atoms with Crippen LogP contribution in [-0.4, -0.2) is 60.7 Å². The number of carbonyl (C=O) groups excluding carboxylic acids is 2. The van der Waals surface area contributed by atoms with E-state index >= 15 is 0 Å². The molecule has 0 spiro atoms. The van der Waals surface area contributed by atoms with Crippen molar-refractivity contribution < 1.29 is 18.0 Å². The zero-order valence-electron chi connectivity index (χ0n) is 13.7. The summed E-state index contributed by atoms with van der Waals surface area (Å²) in [7, 11) is -3.51. The quantitative estimate of drug-likeness (QED) is 0.778. The number of allylic oxidation sites excluding steroid dienone is 1. The number of amides is 3. The molecule has 8 nitrogen and oxygen atoms in total. The Bertz CT molecular complexity index is 925. The average Bonchev–Trinajstić information content (AvgIpc) is 3.18. The minimum atomic E-state index is -3.51. The number of thiophene rings is 1. The Morgan fingerprint density at radius 1 is 1.19 bits per heavy atom. The van der Waals surface area contributed by atoms with Crippen molar-refractivity contribution in [2.75, 3.05) is 13.1 Å². The highest BCUT2D eigenvalue weighted by Gasteiger charge is 2.42. The molecule has 3 aliphatic rings. The van der Waals surface area contributed by atoms with Gasteiger partial charge in [-0.3, -0.25) is 9.69 Å². The van der Waals surface area contributed by atoms with Crippen molar-refractivity contribution in [2.45, 2.75) is 23.1 Å². The topological polar surface area (TPSA) is 99.5 Å². The smallest absolute Gasteiger partial charge is 0.273 e. The molecule has 1 unspecified atom stereocenters. The fourth-order valence-corrected chi connectivity index (χ4v) is 5.96. The van der Waals surface area contributed by atoms with Gasteiger partial charge in [-0.15, -0.1) is 11.3 Å². The maximum atomic E-state index is 12.7. The first-order valence-corrected chi connectivity index (χ1v) is 10.5. The lowest BCUT2D eigenvalue weighted by Gasteiger charge is -2.38. The van der Waals surface area contributed by atoms with Gasteiger partial charge in [-0.05, 0) is 30.4 Å². The third-order valence-electron chi connectivity index (χ3n) is 4.67. The molecule has 136 valence electrons. The Balaban J connectivity index is 1.49. The Morgan fingerprint density at radius 2 is 1.96 bits per heavy atom. The Hall–Kier alpha value is -2.17.